The van der Waals surface area contributed by atoms with Gasteiger partial charge in [-0.1, -0.05) is 30.0 Å². The fraction of sp³-hybridized carbons (Fsp3) is 0.235. The van der Waals surface area contributed by atoms with Crippen molar-refractivity contribution in [2.75, 3.05) is 12.4 Å². The number of aromatic nitrogens is 3. The number of hydrogen-bond donors (Lipinski definition) is 2. The van der Waals surface area contributed by atoms with Crippen LogP contribution in [0.1, 0.15) is 17.6 Å². The lowest BCUT2D eigenvalue weighted by molar-refractivity contribution is -0.115. The number of carbonyl (C=O) groups is 1. The van der Waals surface area contributed by atoms with E-state index in [2.05, 4.69) is 26.6 Å². The van der Waals surface area contributed by atoms with Gasteiger partial charge in [0.1, 0.15) is 11.6 Å². The van der Waals surface area contributed by atoms with Crippen LogP contribution in [0.25, 0.3) is 0 Å². The van der Waals surface area contributed by atoms with Crippen molar-refractivity contribution in [3.63, 3.8) is 0 Å². The van der Waals surface area contributed by atoms with Gasteiger partial charge < -0.3 is 10.1 Å². The molecule has 2 heterocycles. The van der Waals surface area contributed by atoms with Crippen molar-refractivity contribution in [2.45, 2.75) is 23.8 Å². The number of H-pyrrole nitrogens is 1. The monoisotopic (exact) mass is 374 g/mol. The van der Waals surface area contributed by atoms with Gasteiger partial charge in [-0.2, -0.15) is 0 Å². The van der Waals surface area contributed by atoms with Crippen LogP contribution in [-0.2, 0) is 11.2 Å². The Morgan fingerprint density at radius 2 is 2.20 bits per heavy atom. The number of ether oxygens (including phenoxy) is 1. The molecule has 0 radical (unpaired) electrons. The number of rotatable bonds is 7. The maximum absolute atomic E-state index is 12.4. The molecule has 0 saturated heterocycles. The van der Waals surface area contributed by atoms with Crippen molar-refractivity contribution in [2.24, 2.45) is 0 Å². The summed E-state index contributed by atoms with van der Waals surface area (Å²) in [5.41, 5.74) is 0.649. The van der Waals surface area contributed by atoms with E-state index < -0.39 is 0 Å². The van der Waals surface area contributed by atoms with Gasteiger partial charge in [0.15, 0.2) is 0 Å². The molecular formula is C17H18N4O2S2. The quantitative estimate of drug-likeness (QED) is 0.618. The van der Waals surface area contributed by atoms with Crippen LogP contribution in [0.5, 0.6) is 5.75 Å². The molecule has 0 spiro atoms. The van der Waals surface area contributed by atoms with Crippen LogP contribution >= 0.6 is 23.1 Å². The van der Waals surface area contributed by atoms with Gasteiger partial charge in [0.25, 0.3) is 0 Å². The molecule has 1 unspecified atom stereocenters. The molecule has 3 rings (SSSR count). The predicted octanol–water partition coefficient (Wildman–Crippen LogP) is 3.58. The summed E-state index contributed by atoms with van der Waals surface area (Å²) in [6, 6.07) is 11.4. The Labute approximate surface area is 154 Å². The van der Waals surface area contributed by atoms with E-state index in [9.17, 15) is 4.79 Å². The normalized spacial score (nSPS) is 11.9. The number of thioether (sulfide) groups is 1. The average molecular weight is 374 g/mol. The molecule has 1 aromatic carbocycles. The van der Waals surface area contributed by atoms with Gasteiger partial charge in [-0.25, -0.2) is 4.98 Å². The second-order valence-corrected chi connectivity index (χ2v) is 7.61. The number of carbonyl (C=O) groups excluding carboxylic acids is 1. The molecule has 2 aromatic heterocycles. The van der Waals surface area contributed by atoms with E-state index in [1.807, 2.05) is 30.5 Å². The first-order valence-electron chi connectivity index (χ1n) is 7.70. The third-order valence-electron chi connectivity index (χ3n) is 3.45. The van der Waals surface area contributed by atoms with Crippen LogP contribution in [-0.4, -0.2) is 33.4 Å². The number of para-hydroxylation sites is 2. The minimum atomic E-state index is -0.338. The molecular weight excluding hydrogens is 356 g/mol. The third kappa shape index (κ3) is 4.61. The molecule has 0 saturated carbocycles. The van der Waals surface area contributed by atoms with E-state index in [1.165, 1.54) is 16.6 Å². The second kappa shape index (κ2) is 8.17. The first-order valence-corrected chi connectivity index (χ1v) is 9.46. The van der Waals surface area contributed by atoms with Crippen LogP contribution in [0.3, 0.4) is 0 Å². The summed E-state index contributed by atoms with van der Waals surface area (Å²) in [4.78, 5) is 18.1. The molecule has 8 heteroatoms. The van der Waals surface area contributed by atoms with Crippen molar-refractivity contribution >= 4 is 34.7 Å². The first kappa shape index (κ1) is 17.5. The van der Waals surface area contributed by atoms with Crippen molar-refractivity contribution in [1.29, 1.82) is 0 Å². The lowest BCUT2D eigenvalue weighted by Crippen LogP contribution is -2.22. The minimum absolute atomic E-state index is 0.126. The number of nitrogens with one attached hydrogen (secondary N) is 2. The maximum Gasteiger partial charge on any atom is 0.237 e. The van der Waals surface area contributed by atoms with Gasteiger partial charge >= 0.3 is 0 Å². The fourth-order valence-corrected chi connectivity index (χ4v) is 3.63. The van der Waals surface area contributed by atoms with Gasteiger partial charge in [0.2, 0.25) is 11.1 Å². The van der Waals surface area contributed by atoms with Gasteiger partial charge in [0.05, 0.1) is 18.0 Å². The Balaban J connectivity index is 1.59. The Morgan fingerprint density at radius 3 is 2.96 bits per heavy atom. The molecule has 0 aliphatic heterocycles. The van der Waals surface area contributed by atoms with E-state index in [4.69, 9.17) is 4.74 Å². The predicted molar refractivity (Wildman–Crippen MR) is 100 cm³/mol. The van der Waals surface area contributed by atoms with Crippen LogP contribution in [0.2, 0.25) is 0 Å². The molecule has 0 aliphatic carbocycles. The summed E-state index contributed by atoms with van der Waals surface area (Å²) in [6.07, 6.45) is 0.715. The van der Waals surface area contributed by atoms with Gasteiger partial charge in [-0.15, -0.1) is 16.4 Å². The summed E-state index contributed by atoms with van der Waals surface area (Å²) in [6.45, 7) is 1.82. The van der Waals surface area contributed by atoms with Gasteiger partial charge in [-0.05, 0) is 30.5 Å². The van der Waals surface area contributed by atoms with E-state index in [-0.39, 0.29) is 11.2 Å². The number of nitrogens with zero attached hydrogens (tertiary/aromatic N) is 2. The second-order valence-electron chi connectivity index (χ2n) is 5.27. The smallest absolute Gasteiger partial charge is 0.237 e. The zero-order valence-electron chi connectivity index (χ0n) is 13.9. The summed E-state index contributed by atoms with van der Waals surface area (Å²) < 4.78 is 5.25. The lowest BCUT2D eigenvalue weighted by Gasteiger charge is -2.12. The lowest BCUT2D eigenvalue weighted by atomic mass is 10.3. The maximum atomic E-state index is 12.4. The Bertz CT molecular complexity index is 833. The number of amides is 1. The van der Waals surface area contributed by atoms with Crippen molar-refractivity contribution < 1.29 is 9.53 Å². The molecule has 1 atom stereocenters. The van der Waals surface area contributed by atoms with Crippen molar-refractivity contribution in [1.82, 2.24) is 15.2 Å². The molecule has 3 aromatic rings. The highest BCUT2D eigenvalue weighted by atomic mass is 32.2. The fourth-order valence-electron chi connectivity index (χ4n) is 2.18. The van der Waals surface area contributed by atoms with Gasteiger partial charge in [-0.3, -0.25) is 9.89 Å². The highest BCUT2D eigenvalue weighted by Gasteiger charge is 2.18. The number of hydrogen-bond acceptors (Lipinski definition) is 6. The molecule has 130 valence electrons. The molecule has 0 bridgehead atoms. The zero-order chi connectivity index (χ0) is 17.6. The van der Waals surface area contributed by atoms with E-state index >= 15 is 0 Å². The number of aromatic amines is 1. The molecule has 0 fully saturated rings. The number of anilines is 1. The SMILES string of the molecule is COc1ccccc1NC(=O)C(C)Sc1n[nH]c(Cc2cccs2)n1. The minimum Gasteiger partial charge on any atom is -0.495 e. The Kier molecular flexibility index (Phi) is 5.72. The molecule has 1 amide bonds. The van der Waals surface area contributed by atoms with Gasteiger partial charge in [0, 0.05) is 11.3 Å². The molecule has 2 N–H and O–H groups in total. The molecule has 0 aliphatic rings. The van der Waals surface area contributed by atoms with Crippen LogP contribution < -0.4 is 10.1 Å². The number of benzene rings is 1. The zero-order valence-corrected chi connectivity index (χ0v) is 15.5. The Morgan fingerprint density at radius 1 is 1.36 bits per heavy atom. The van der Waals surface area contributed by atoms with Crippen LogP contribution in [0.15, 0.2) is 46.9 Å². The topological polar surface area (TPSA) is 79.9 Å². The number of methoxy groups -OCH3 is 1. The summed E-state index contributed by atoms with van der Waals surface area (Å²) >= 11 is 2.99. The highest BCUT2D eigenvalue weighted by Crippen LogP contribution is 2.26. The average Bonchev–Trinajstić information content (AvgIpc) is 3.28. The van der Waals surface area contributed by atoms with Crippen molar-refractivity contribution in [3.8, 4) is 5.75 Å². The first-order chi connectivity index (χ1) is 12.2. The van der Waals surface area contributed by atoms with E-state index in [0.717, 1.165) is 5.82 Å². The summed E-state index contributed by atoms with van der Waals surface area (Å²) in [5.74, 6) is 1.30. The third-order valence-corrected chi connectivity index (χ3v) is 5.29. The van der Waals surface area contributed by atoms with Crippen LogP contribution in [0, 0.1) is 0 Å². The van der Waals surface area contributed by atoms with Crippen LogP contribution in [0.4, 0.5) is 5.69 Å². The Hall–Kier alpha value is -2.32. The number of thiophene rings is 1. The van der Waals surface area contributed by atoms with E-state index in [0.29, 0.717) is 23.0 Å². The summed E-state index contributed by atoms with van der Waals surface area (Å²) in [5, 5.41) is 12.3. The standard InChI is InChI=1S/C17H18N4O2S2/c1-11(16(22)18-13-7-3-4-8-14(13)23-2)25-17-19-15(20-21-17)10-12-6-5-9-24-12/h3-9,11H,10H2,1-2H3,(H,18,22)(H,19,20,21). The van der Waals surface area contributed by atoms with Crippen molar-refractivity contribution in [3.05, 3.63) is 52.5 Å². The summed E-state index contributed by atoms with van der Waals surface area (Å²) in [7, 11) is 1.58. The molecule has 25 heavy (non-hydrogen) atoms. The van der Waals surface area contributed by atoms with E-state index in [1.54, 1.807) is 30.6 Å². The molecule has 6 nitrogen and oxygen atoms in total. The highest BCUT2D eigenvalue weighted by molar-refractivity contribution is 8.00. The largest absolute Gasteiger partial charge is 0.495 e.